The standard InChI is InChI=1S/C29H44N8O2/c1-29(39)12-3-2-4-13-36-27(38)23-16-31-28(34-26(23)37(36)25-7-5-6-24(29)33-25)32-21-8-10-22(11-9-21)35-17-19-14-30-15-20(19)18-35/h2,4,8-11,19-20,23-26,28,30-34,39H,3,5-7,12-18H2,1H3/b4-2-/t19?,20?,23?,24?,25?,26?,28?,29-/m1/s1. The van der Waals surface area contributed by atoms with E-state index >= 15 is 0 Å². The molecule has 5 fully saturated rings. The lowest BCUT2D eigenvalue weighted by Gasteiger charge is -2.47. The fraction of sp³-hybridized carbons (Fsp3) is 0.690. The Balaban J connectivity index is 1.05. The molecule has 0 spiro atoms. The number of carbonyl (C=O) groups is 1. The summed E-state index contributed by atoms with van der Waals surface area (Å²) in [6, 6.07) is 8.79. The van der Waals surface area contributed by atoms with Crippen LogP contribution in [0.1, 0.15) is 39.0 Å². The van der Waals surface area contributed by atoms with Crippen LogP contribution in [-0.4, -0.2) is 90.6 Å². The van der Waals surface area contributed by atoms with Crippen LogP contribution in [-0.2, 0) is 4.79 Å². The highest BCUT2D eigenvalue weighted by Gasteiger charge is 2.52. The molecule has 1 amide bonds. The predicted molar refractivity (Wildman–Crippen MR) is 151 cm³/mol. The van der Waals surface area contributed by atoms with Crippen molar-refractivity contribution in [2.45, 2.75) is 69.3 Å². The monoisotopic (exact) mass is 536 g/mol. The zero-order valence-corrected chi connectivity index (χ0v) is 23.0. The van der Waals surface area contributed by atoms with Gasteiger partial charge < -0.3 is 20.6 Å². The van der Waals surface area contributed by atoms with Crippen LogP contribution in [0.2, 0.25) is 0 Å². The third-order valence-corrected chi connectivity index (χ3v) is 10.0. The number of nitrogens with one attached hydrogen (secondary N) is 5. The van der Waals surface area contributed by atoms with Gasteiger partial charge in [0.2, 0.25) is 5.91 Å². The maximum atomic E-state index is 13.6. The molecule has 1 aromatic rings. The third kappa shape index (κ3) is 4.85. The van der Waals surface area contributed by atoms with Gasteiger partial charge in [-0.25, -0.2) is 0 Å². The minimum Gasteiger partial charge on any atom is -0.389 e. The first kappa shape index (κ1) is 25.7. The van der Waals surface area contributed by atoms with Gasteiger partial charge in [-0.3, -0.25) is 25.8 Å². The van der Waals surface area contributed by atoms with Gasteiger partial charge in [-0.2, -0.15) is 5.01 Å². The fourth-order valence-corrected chi connectivity index (χ4v) is 7.74. The second kappa shape index (κ2) is 10.3. The number of aliphatic hydroxyl groups is 1. The Bertz CT molecular complexity index is 1070. The molecule has 39 heavy (non-hydrogen) atoms. The lowest BCUT2D eigenvalue weighted by Crippen LogP contribution is -2.69. The number of hydrogen-bond donors (Lipinski definition) is 6. The highest BCUT2D eigenvalue weighted by Crippen LogP contribution is 2.35. The molecule has 212 valence electrons. The molecule has 2 bridgehead atoms. The van der Waals surface area contributed by atoms with Crippen molar-refractivity contribution in [2.24, 2.45) is 17.8 Å². The van der Waals surface area contributed by atoms with E-state index in [2.05, 4.69) is 72.9 Å². The minimum absolute atomic E-state index is 0.00126. The summed E-state index contributed by atoms with van der Waals surface area (Å²) in [5.74, 6) is 1.55. The van der Waals surface area contributed by atoms with Crippen LogP contribution in [0.3, 0.4) is 0 Å². The first-order valence-electron chi connectivity index (χ1n) is 15.0. The largest absolute Gasteiger partial charge is 0.389 e. The molecule has 7 rings (SSSR count). The second-order valence-corrected chi connectivity index (χ2v) is 12.7. The van der Waals surface area contributed by atoms with Crippen LogP contribution >= 0.6 is 0 Å². The third-order valence-electron chi connectivity index (χ3n) is 10.0. The molecule has 0 aliphatic carbocycles. The number of hydrogen-bond acceptors (Lipinski definition) is 9. The van der Waals surface area contributed by atoms with E-state index in [1.54, 1.807) is 0 Å². The van der Waals surface area contributed by atoms with E-state index in [1.165, 1.54) is 5.69 Å². The summed E-state index contributed by atoms with van der Waals surface area (Å²) in [6.45, 7) is 7.70. The Morgan fingerprint density at radius 2 is 1.82 bits per heavy atom. The second-order valence-electron chi connectivity index (χ2n) is 12.7. The van der Waals surface area contributed by atoms with Crippen LogP contribution in [0.15, 0.2) is 36.4 Å². The Morgan fingerprint density at radius 3 is 2.62 bits per heavy atom. The lowest BCUT2D eigenvalue weighted by atomic mass is 9.85. The molecule has 6 aliphatic rings. The maximum Gasteiger partial charge on any atom is 0.244 e. The van der Waals surface area contributed by atoms with E-state index in [4.69, 9.17) is 0 Å². The lowest BCUT2D eigenvalue weighted by molar-refractivity contribution is -0.146. The molecule has 0 saturated carbocycles. The fourth-order valence-electron chi connectivity index (χ4n) is 7.74. The number of anilines is 2. The molecule has 10 nitrogen and oxygen atoms in total. The predicted octanol–water partition coefficient (Wildman–Crippen LogP) is 0.801. The van der Waals surface area contributed by atoms with E-state index in [9.17, 15) is 9.90 Å². The van der Waals surface area contributed by atoms with Gasteiger partial charge in [0.25, 0.3) is 0 Å². The summed E-state index contributed by atoms with van der Waals surface area (Å²) in [6.07, 6.45) is 8.39. The summed E-state index contributed by atoms with van der Waals surface area (Å²) < 4.78 is 0. The number of piperidine rings is 1. The Hall–Kier alpha value is -2.21. The average Bonchev–Trinajstić information content (AvgIpc) is 3.61. The summed E-state index contributed by atoms with van der Waals surface area (Å²) >= 11 is 0. The van der Waals surface area contributed by atoms with Gasteiger partial charge >= 0.3 is 0 Å². The summed E-state index contributed by atoms with van der Waals surface area (Å²) in [5.41, 5.74) is 1.57. The van der Waals surface area contributed by atoms with Crippen molar-refractivity contribution < 1.29 is 9.90 Å². The molecular weight excluding hydrogens is 492 g/mol. The van der Waals surface area contributed by atoms with E-state index in [1.807, 2.05) is 11.9 Å². The van der Waals surface area contributed by atoms with Gasteiger partial charge in [0, 0.05) is 50.1 Å². The van der Waals surface area contributed by atoms with E-state index < -0.39 is 5.60 Å². The van der Waals surface area contributed by atoms with Crippen molar-refractivity contribution >= 4 is 17.3 Å². The Morgan fingerprint density at radius 1 is 1.03 bits per heavy atom. The van der Waals surface area contributed by atoms with Crippen molar-refractivity contribution in [1.29, 1.82) is 0 Å². The number of nitrogens with zero attached hydrogens (tertiary/aromatic N) is 3. The average molecular weight is 537 g/mol. The minimum atomic E-state index is -0.774. The van der Waals surface area contributed by atoms with Crippen LogP contribution in [0, 0.1) is 17.8 Å². The van der Waals surface area contributed by atoms with Gasteiger partial charge in [-0.15, -0.1) is 0 Å². The number of benzene rings is 1. The number of fused-ring (bicyclic) bond motifs is 7. The van der Waals surface area contributed by atoms with Crippen LogP contribution < -0.4 is 31.5 Å². The molecule has 0 radical (unpaired) electrons. The quantitative estimate of drug-likeness (QED) is 0.313. The van der Waals surface area contributed by atoms with Gasteiger partial charge in [-0.1, -0.05) is 12.2 Å². The SMILES string of the molecule is C[C@@]1(O)CC/C=C\CN2C(=O)C3CNC(Nc4ccc(N5CC6CNCC6C5)cc4)NC3N2C2CCCC1N2. The van der Waals surface area contributed by atoms with E-state index in [0.29, 0.717) is 13.1 Å². The topological polar surface area (TPSA) is 107 Å². The first-order valence-corrected chi connectivity index (χ1v) is 15.0. The number of amides is 1. The molecule has 6 aliphatic heterocycles. The zero-order chi connectivity index (χ0) is 26.6. The molecule has 10 heteroatoms. The van der Waals surface area contributed by atoms with Crippen LogP contribution in [0.25, 0.3) is 0 Å². The number of rotatable bonds is 3. The highest BCUT2D eigenvalue weighted by atomic mass is 16.3. The number of hydrazine groups is 1. The smallest absolute Gasteiger partial charge is 0.244 e. The van der Waals surface area contributed by atoms with Crippen molar-refractivity contribution in [1.82, 2.24) is 31.3 Å². The normalized spacial score (nSPS) is 41.5. The van der Waals surface area contributed by atoms with Gasteiger partial charge in [0.15, 0.2) is 0 Å². The zero-order valence-electron chi connectivity index (χ0n) is 23.0. The Kier molecular flexibility index (Phi) is 6.81. The molecular formula is C29H44N8O2. The van der Waals surface area contributed by atoms with Crippen molar-refractivity contribution in [2.75, 3.05) is 49.5 Å². The molecule has 8 atom stereocenters. The van der Waals surface area contributed by atoms with Crippen LogP contribution in [0.5, 0.6) is 0 Å². The molecule has 6 N–H and O–H groups in total. The van der Waals surface area contributed by atoms with E-state index in [-0.39, 0.29) is 36.5 Å². The highest BCUT2D eigenvalue weighted by molar-refractivity contribution is 5.82. The van der Waals surface area contributed by atoms with Crippen molar-refractivity contribution in [3.63, 3.8) is 0 Å². The number of allylic oxidation sites excluding steroid dienone is 1. The number of carbonyl (C=O) groups excluding carboxylic acids is 1. The van der Waals surface area contributed by atoms with Crippen LogP contribution in [0.4, 0.5) is 11.4 Å². The summed E-state index contributed by atoms with van der Waals surface area (Å²) in [5, 5.41) is 33.5. The van der Waals surface area contributed by atoms with Gasteiger partial charge in [-0.05, 0) is 75.1 Å². The maximum absolute atomic E-state index is 13.6. The van der Waals surface area contributed by atoms with Gasteiger partial charge in [0.1, 0.15) is 6.29 Å². The summed E-state index contributed by atoms with van der Waals surface area (Å²) in [4.78, 5) is 16.1. The molecule has 7 unspecified atom stereocenters. The van der Waals surface area contributed by atoms with E-state index in [0.717, 1.165) is 75.8 Å². The molecule has 6 heterocycles. The van der Waals surface area contributed by atoms with Crippen molar-refractivity contribution in [3.05, 3.63) is 36.4 Å². The summed E-state index contributed by atoms with van der Waals surface area (Å²) in [7, 11) is 0. The molecule has 1 aromatic carbocycles. The molecule has 5 saturated heterocycles. The van der Waals surface area contributed by atoms with Crippen molar-refractivity contribution in [3.8, 4) is 0 Å². The van der Waals surface area contributed by atoms with Gasteiger partial charge in [0.05, 0.1) is 30.4 Å². The first-order chi connectivity index (χ1) is 19.0. The molecule has 0 aromatic heterocycles. The Labute approximate surface area is 231 Å².